The van der Waals surface area contributed by atoms with E-state index in [9.17, 15) is 9.59 Å². The number of amides is 2. The predicted octanol–water partition coefficient (Wildman–Crippen LogP) is 4.37. The van der Waals surface area contributed by atoms with Gasteiger partial charge < -0.3 is 24.8 Å². The lowest BCUT2D eigenvalue weighted by Crippen LogP contribution is -2.13. The molecular formula is C21H23ClN2O5. The fourth-order valence-corrected chi connectivity index (χ4v) is 2.79. The predicted molar refractivity (Wildman–Crippen MR) is 114 cm³/mol. The summed E-state index contributed by atoms with van der Waals surface area (Å²) in [6.07, 6.45) is 2.94. The average molecular weight is 419 g/mol. The summed E-state index contributed by atoms with van der Waals surface area (Å²) < 4.78 is 16.0. The van der Waals surface area contributed by atoms with Gasteiger partial charge in [-0.3, -0.25) is 9.59 Å². The molecule has 8 heteroatoms. The lowest BCUT2D eigenvalue weighted by Gasteiger charge is -2.12. The molecule has 2 N–H and O–H groups in total. The van der Waals surface area contributed by atoms with Gasteiger partial charge in [-0.05, 0) is 42.8 Å². The lowest BCUT2D eigenvalue weighted by molar-refractivity contribution is -0.114. The van der Waals surface area contributed by atoms with Gasteiger partial charge in [0.2, 0.25) is 11.8 Å². The first kappa shape index (κ1) is 22.1. The molecule has 0 aliphatic carbocycles. The molecule has 0 saturated heterocycles. The summed E-state index contributed by atoms with van der Waals surface area (Å²) >= 11 is 6.25. The van der Waals surface area contributed by atoms with E-state index in [4.69, 9.17) is 25.8 Å². The summed E-state index contributed by atoms with van der Waals surface area (Å²) in [6, 6.07) is 8.34. The highest BCUT2D eigenvalue weighted by Gasteiger charge is 2.11. The first-order chi connectivity index (χ1) is 13.9. The summed E-state index contributed by atoms with van der Waals surface area (Å²) in [7, 11) is 3.03. The van der Waals surface area contributed by atoms with Crippen molar-refractivity contribution in [2.24, 2.45) is 0 Å². The third-order valence-electron chi connectivity index (χ3n) is 3.76. The van der Waals surface area contributed by atoms with E-state index in [-0.39, 0.29) is 5.91 Å². The molecule has 0 saturated carbocycles. The van der Waals surface area contributed by atoms with Crippen LogP contribution in [-0.4, -0.2) is 32.6 Å². The first-order valence-electron chi connectivity index (χ1n) is 8.83. The van der Waals surface area contributed by atoms with Crippen LogP contribution in [0.15, 0.2) is 36.4 Å². The van der Waals surface area contributed by atoms with Gasteiger partial charge in [0.25, 0.3) is 0 Å². The van der Waals surface area contributed by atoms with Crippen LogP contribution in [-0.2, 0) is 9.59 Å². The van der Waals surface area contributed by atoms with E-state index in [1.54, 1.807) is 36.4 Å². The molecule has 154 valence electrons. The maximum absolute atomic E-state index is 12.4. The smallest absolute Gasteiger partial charge is 0.248 e. The van der Waals surface area contributed by atoms with Gasteiger partial charge in [0.05, 0.1) is 37.2 Å². The Morgan fingerprint density at radius 2 is 1.83 bits per heavy atom. The van der Waals surface area contributed by atoms with Crippen molar-refractivity contribution < 1.29 is 23.8 Å². The van der Waals surface area contributed by atoms with Crippen LogP contribution < -0.4 is 24.8 Å². The number of anilines is 2. The van der Waals surface area contributed by atoms with Crippen LogP contribution in [0.5, 0.6) is 17.2 Å². The molecule has 2 rings (SSSR count). The zero-order valence-corrected chi connectivity index (χ0v) is 17.4. The zero-order valence-electron chi connectivity index (χ0n) is 16.7. The van der Waals surface area contributed by atoms with E-state index in [0.717, 1.165) is 0 Å². The number of rotatable bonds is 8. The van der Waals surface area contributed by atoms with Crippen molar-refractivity contribution in [1.29, 1.82) is 0 Å². The number of carbonyl (C=O) groups excluding carboxylic acids is 2. The van der Waals surface area contributed by atoms with Crippen LogP contribution in [0.25, 0.3) is 6.08 Å². The maximum atomic E-state index is 12.4. The highest BCUT2D eigenvalue weighted by Crippen LogP contribution is 2.36. The molecule has 0 aliphatic rings. The van der Waals surface area contributed by atoms with Gasteiger partial charge in [0.15, 0.2) is 11.5 Å². The Bertz CT molecular complexity index is 928. The minimum Gasteiger partial charge on any atom is -0.497 e. The van der Waals surface area contributed by atoms with E-state index in [1.165, 1.54) is 27.2 Å². The standard InChI is InChI=1S/C21H23ClN2O5/c1-5-29-21-16(22)10-14(11-19(21)28-4)6-9-20(26)24-18-12-15(27-3)7-8-17(18)23-13(2)25/h6-12H,5H2,1-4H3,(H,23,25)(H,24,26). The number of carbonyl (C=O) groups is 2. The van der Waals surface area contributed by atoms with Gasteiger partial charge in [-0.1, -0.05) is 11.6 Å². The first-order valence-corrected chi connectivity index (χ1v) is 9.20. The van der Waals surface area contributed by atoms with Crippen LogP contribution >= 0.6 is 11.6 Å². The molecule has 0 spiro atoms. The van der Waals surface area contributed by atoms with Gasteiger partial charge in [-0.15, -0.1) is 0 Å². The lowest BCUT2D eigenvalue weighted by atomic mass is 10.1. The summed E-state index contributed by atoms with van der Waals surface area (Å²) in [6.45, 7) is 3.69. The van der Waals surface area contributed by atoms with E-state index >= 15 is 0 Å². The van der Waals surface area contributed by atoms with Crippen molar-refractivity contribution in [2.75, 3.05) is 31.5 Å². The molecule has 2 amide bonds. The molecule has 29 heavy (non-hydrogen) atoms. The van der Waals surface area contributed by atoms with Crippen molar-refractivity contribution in [1.82, 2.24) is 0 Å². The largest absolute Gasteiger partial charge is 0.497 e. The second-order valence-corrected chi connectivity index (χ2v) is 6.29. The van der Waals surface area contributed by atoms with Crippen LogP contribution in [0.4, 0.5) is 11.4 Å². The van der Waals surface area contributed by atoms with Crippen LogP contribution in [0.2, 0.25) is 5.02 Å². The molecule has 7 nitrogen and oxygen atoms in total. The molecule has 0 heterocycles. The molecule has 0 aromatic heterocycles. The van der Waals surface area contributed by atoms with Gasteiger partial charge >= 0.3 is 0 Å². The highest BCUT2D eigenvalue weighted by atomic mass is 35.5. The van der Waals surface area contributed by atoms with E-state index in [2.05, 4.69) is 10.6 Å². The number of methoxy groups -OCH3 is 2. The van der Waals surface area contributed by atoms with E-state index < -0.39 is 5.91 Å². The van der Waals surface area contributed by atoms with Gasteiger partial charge in [0.1, 0.15) is 5.75 Å². The van der Waals surface area contributed by atoms with Crippen molar-refractivity contribution in [3.63, 3.8) is 0 Å². The van der Waals surface area contributed by atoms with Gasteiger partial charge in [0, 0.05) is 19.1 Å². The van der Waals surface area contributed by atoms with E-state index in [0.29, 0.717) is 45.8 Å². The minimum atomic E-state index is -0.395. The normalized spacial score (nSPS) is 10.5. The summed E-state index contributed by atoms with van der Waals surface area (Å²) in [4.78, 5) is 23.8. The molecule has 2 aromatic carbocycles. The molecule has 0 atom stereocenters. The van der Waals surface area contributed by atoms with E-state index in [1.807, 2.05) is 6.92 Å². The SMILES string of the molecule is CCOc1c(Cl)cc(C=CC(=O)Nc2cc(OC)ccc2NC(C)=O)cc1OC. The fraction of sp³-hybridized carbons (Fsp3) is 0.238. The summed E-state index contributed by atoms with van der Waals surface area (Å²) in [5, 5.41) is 5.77. The number of ether oxygens (including phenoxy) is 3. The quantitative estimate of drug-likeness (QED) is 0.622. The molecule has 0 unspecified atom stereocenters. The molecule has 0 aliphatic heterocycles. The van der Waals surface area contributed by atoms with Crippen molar-refractivity contribution in [3.8, 4) is 17.2 Å². The Hall–Kier alpha value is -3.19. The molecule has 0 radical (unpaired) electrons. The second-order valence-electron chi connectivity index (χ2n) is 5.88. The number of hydrogen-bond donors (Lipinski definition) is 2. The summed E-state index contributed by atoms with van der Waals surface area (Å²) in [5.41, 5.74) is 1.54. The van der Waals surface area contributed by atoms with Crippen molar-refractivity contribution >= 4 is 40.9 Å². The monoisotopic (exact) mass is 418 g/mol. The van der Waals surface area contributed by atoms with Gasteiger partial charge in [-0.25, -0.2) is 0 Å². The summed E-state index contributed by atoms with van der Waals surface area (Å²) in [5.74, 6) is 0.822. The zero-order chi connectivity index (χ0) is 21.4. The molecule has 0 bridgehead atoms. The second kappa shape index (κ2) is 10.4. The number of benzene rings is 2. The Morgan fingerprint density at radius 3 is 2.45 bits per heavy atom. The molecule has 0 fully saturated rings. The van der Waals surface area contributed by atoms with Crippen molar-refractivity contribution in [3.05, 3.63) is 47.0 Å². The number of halogens is 1. The van der Waals surface area contributed by atoms with Crippen molar-refractivity contribution in [2.45, 2.75) is 13.8 Å². The Kier molecular flexibility index (Phi) is 7.91. The van der Waals surface area contributed by atoms with Gasteiger partial charge in [-0.2, -0.15) is 0 Å². The maximum Gasteiger partial charge on any atom is 0.248 e. The third-order valence-corrected chi connectivity index (χ3v) is 4.04. The highest BCUT2D eigenvalue weighted by molar-refractivity contribution is 6.32. The topological polar surface area (TPSA) is 85.9 Å². The number of nitrogens with one attached hydrogen (secondary N) is 2. The van der Waals surface area contributed by atoms with Crippen LogP contribution in [0.3, 0.4) is 0 Å². The van der Waals surface area contributed by atoms with Crippen LogP contribution in [0.1, 0.15) is 19.4 Å². The number of hydrogen-bond acceptors (Lipinski definition) is 5. The minimum absolute atomic E-state index is 0.252. The van der Waals surface area contributed by atoms with Crippen LogP contribution in [0, 0.1) is 0 Å². The Balaban J connectivity index is 2.22. The molecular weight excluding hydrogens is 396 g/mol. The Labute approximate surface area is 174 Å². The fourth-order valence-electron chi connectivity index (χ4n) is 2.52. The average Bonchev–Trinajstić information content (AvgIpc) is 2.69. The Morgan fingerprint density at radius 1 is 1.07 bits per heavy atom. The molecule has 2 aromatic rings. The third kappa shape index (κ3) is 6.15.